The Morgan fingerprint density at radius 1 is 1.32 bits per heavy atom. The van der Waals surface area contributed by atoms with Crippen LogP contribution >= 0.6 is 0 Å². The maximum absolute atomic E-state index is 12.2. The lowest BCUT2D eigenvalue weighted by Gasteiger charge is -2.28. The Labute approximate surface area is 115 Å². The van der Waals surface area contributed by atoms with Gasteiger partial charge in [0.15, 0.2) is 0 Å². The molecule has 1 saturated carbocycles. The first kappa shape index (κ1) is 15.8. The van der Waals surface area contributed by atoms with Crippen LogP contribution in [0.5, 0.6) is 0 Å². The van der Waals surface area contributed by atoms with Crippen molar-refractivity contribution in [2.45, 2.75) is 59.0 Å². The summed E-state index contributed by atoms with van der Waals surface area (Å²) in [4.78, 5) is 25.3. The highest BCUT2D eigenvalue weighted by Gasteiger charge is 2.35. The van der Waals surface area contributed by atoms with E-state index in [1.165, 1.54) is 0 Å². The largest absolute Gasteiger partial charge is 0.480 e. The van der Waals surface area contributed by atoms with Crippen LogP contribution in [0.3, 0.4) is 0 Å². The average Bonchev–Trinajstić information content (AvgIpc) is 3.15. The normalized spacial score (nSPS) is 17.9. The Bertz CT molecular complexity index is 327. The summed E-state index contributed by atoms with van der Waals surface area (Å²) in [5.41, 5.74) is 0. The van der Waals surface area contributed by atoms with Crippen molar-refractivity contribution in [2.24, 2.45) is 11.8 Å². The van der Waals surface area contributed by atoms with Crippen LogP contribution in [0.25, 0.3) is 0 Å². The molecule has 5 heteroatoms. The standard InChI is InChI=1S/C14H26N2O3/c1-5-10(4)12(13(17)18)15-14(19)16(8-9(2)3)11-6-7-11/h9-12H,5-8H2,1-4H3,(H,15,19)(H,17,18)/t10?,12-/m0/s1. The molecular formula is C14H26N2O3. The van der Waals surface area contributed by atoms with Crippen LogP contribution in [0, 0.1) is 11.8 Å². The fourth-order valence-electron chi connectivity index (χ4n) is 2.08. The van der Waals surface area contributed by atoms with Gasteiger partial charge < -0.3 is 15.3 Å². The Morgan fingerprint density at radius 3 is 2.26 bits per heavy atom. The molecule has 0 bridgehead atoms. The van der Waals surface area contributed by atoms with Gasteiger partial charge in [0.25, 0.3) is 0 Å². The van der Waals surface area contributed by atoms with Crippen LogP contribution < -0.4 is 5.32 Å². The van der Waals surface area contributed by atoms with Gasteiger partial charge in [-0.1, -0.05) is 34.1 Å². The lowest BCUT2D eigenvalue weighted by molar-refractivity contribution is -0.140. The fraction of sp³-hybridized carbons (Fsp3) is 0.857. The van der Waals surface area contributed by atoms with Gasteiger partial charge in [-0.2, -0.15) is 0 Å². The zero-order valence-corrected chi connectivity index (χ0v) is 12.3. The van der Waals surface area contributed by atoms with Crippen molar-refractivity contribution in [2.75, 3.05) is 6.54 Å². The zero-order chi connectivity index (χ0) is 14.6. The molecule has 1 rings (SSSR count). The van der Waals surface area contributed by atoms with Crippen molar-refractivity contribution in [1.29, 1.82) is 0 Å². The second-order valence-electron chi connectivity index (χ2n) is 5.93. The first-order valence-electron chi connectivity index (χ1n) is 7.16. The fourth-order valence-corrected chi connectivity index (χ4v) is 2.08. The number of urea groups is 1. The minimum absolute atomic E-state index is 0.0680. The smallest absolute Gasteiger partial charge is 0.326 e. The van der Waals surface area contributed by atoms with Gasteiger partial charge in [0.05, 0.1) is 0 Å². The number of rotatable bonds is 7. The highest BCUT2D eigenvalue weighted by Crippen LogP contribution is 2.27. The molecule has 110 valence electrons. The molecule has 5 nitrogen and oxygen atoms in total. The number of carboxylic acid groups (broad SMARTS) is 1. The second kappa shape index (κ2) is 6.78. The number of hydrogen-bond donors (Lipinski definition) is 2. The van der Waals surface area contributed by atoms with Crippen molar-refractivity contribution in [3.05, 3.63) is 0 Å². The number of carboxylic acids is 1. The molecule has 2 atom stereocenters. The predicted octanol–water partition coefficient (Wildman–Crippen LogP) is 2.32. The van der Waals surface area contributed by atoms with E-state index in [9.17, 15) is 14.7 Å². The van der Waals surface area contributed by atoms with E-state index in [2.05, 4.69) is 19.2 Å². The van der Waals surface area contributed by atoms with Crippen LogP contribution in [0.1, 0.15) is 47.0 Å². The lowest BCUT2D eigenvalue weighted by atomic mass is 9.99. The number of carbonyl (C=O) groups excluding carboxylic acids is 1. The van der Waals surface area contributed by atoms with Crippen LogP contribution in [0.4, 0.5) is 4.79 Å². The van der Waals surface area contributed by atoms with Gasteiger partial charge in [-0.25, -0.2) is 9.59 Å². The molecule has 2 N–H and O–H groups in total. The van der Waals surface area contributed by atoms with Crippen LogP contribution in [0.15, 0.2) is 0 Å². The number of carbonyl (C=O) groups is 2. The SMILES string of the molecule is CCC(C)[C@H](NC(=O)N(CC(C)C)C1CC1)C(=O)O. The van der Waals surface area contributed by atoms with Crippen molar-refractivity contribution < 1.29 is 14.7 Å². The molecule has 0 saturated heterocycles. The lowest BCUT2D eigenvalue weighted by Crippen LogP contribution is -2.51. The van der Waals surface area contributed by atoms with Gasteiger partial charge in [0, 0.05) is 12.6 Å². The molecule has 0 aliphatic heterocycles. The van der Waals surface area contributed by atoms with E-state index in [4.69, 9.17) is 0 Å². The summed E-state index contributed by atoms with van der Waals surface area (Å²) >= 11 is 0. The summed E-state index contributed by atoms with van der Waals surface area (Å²) in [5.74, 6) is -0.636. The van der Waals surface area contributed by atoms with E-state index in [1.54, 1.807) is 4.90 Å². The summed E-state index contributed by atoms with van der Waals surface area (Å²) in [7, 11) is 0. The summed E-state index contributed by atoms with van der Waals surface area (Å²) in [6.07, 6.45) is 2.78. The molecule has 0 aromatic rings. The Morgan fingerprint density at radius 2 is 1.89 bits per heavy atom. The Hall–Kier alpha value is -1.26. The van der Waals surface area contributed by atoms with Gasteiger partial charge >= 0.3 is 12.0 Å². The number of nitrogens with one attached hydrogen (secondary N) is 1. The molecule has 2 amide bonds. The first-order valence-corrected chi connectivity index (χ1v) is 7.16. The topological polar surface area (TPSA) is 69.6 Å². The van der Waals surface area contributed by atoms with Gasteiger partial charge in [-0.3, -0.25) is 0 Å². The maximum atomic E-state index is 12.2. The van der Waals surface area contributed by atoms with Crippen LogP contribution in [0.2, 0.25) is 0 Å². The third kappa shape index (κ3) is 4.73. The number of hydrogen-bond acceptors (Lipinski definition) is 2. The van der Waals surface area contributed by atoms with Gasteiger partial charge in [-0.15, -0.1) is 0 Å². The van der Waals surface area contributed by atoms with Crippen LogP contribution in [-0.2, 0) is 4.79 Å². The molecule has 0 spiro atoms. The van der Waals surface area contributed by atoms with E-state index in [0.29, 0.717) is 18.5 Å². The molecule has 1 aliphatic carbocycles. The van der Waals surface area contributed by atoms with Crippen molar-refractivity contribution in [3.8, 4) is 0 Å². The van der Waals surface area contributed by atoms with E-state index >= 15 is 0 Å². The quantitative estimate of drug-likeness (QED) is 0.746. The number of nitrogens with zero attached hydrogens (tertiary/aromatic N) is 1. The Balaban J connectivity index is 2.65. The van der Waals surface area contributed by atoms with Crippen molar-refractivity contribution in [3.63, 3.8) is 0 Å². The summed E-state index contributed by atoms with van der Waals surface area (Å²) in [5, 5.41) is 11.9. The molecule has 0 heterocycles. The molecule has 1 aliphatic rings. The van der Waals surface area contributed by atoms with Crippen molar-refractivity contribution in [1.82, 2.24) is 10.2 Å². The predicted molar refractivity (Wildman–Crippen MR) is 74.0 cm³/mol. The highest BCUT2D eigenvalue weighted by atomic mass is 16.4. The third-order valence-corrected chi connectivity index (χ3v) is 3.57. The molecule has 0 radical (unpaired) electrons. The van der Waals surface area contributed by atoms with Gasteiger partial charge in [-0.05, 0) is 24.7 Å². The van der Waals surface area contributed by atoms with E-state index in [0.717, 1.165) is 19.3 Å². The molecular weight excluding hydrogens is 244 g/mol. The zero-order valence-electron chi connectivity index (χ0n) is 12.3. The average molecular weight is 270 g/mol. The minimum atomic E-state index is -0.956. The number of amides is 2. The van der Waals surface area contributed by atoms with Gasteiger partial charge in [0.1, 0.15) is 6.04 Å². The third-order valence-electron chi connectivity index (χ3n) is 3.57. The maximum Gasteiger partial charge on any atom is 0.326 e. The Kier molecular flexibility index (Phi) is 5.63. The summed E-state index contributed by atoms with van der Waals surface area (Å²) in [6.45, 7) is 8.59. The molecule has 19 heavy (non-hydrogen) atoms. The van der Waals surface area contributed by atoms with E-state index < -0.39 is 12.0 Å². The monoisotopic (exact) mass is 270 g/mol. The van der Waals surface area contributed by atoms with Crippen molar-refractivity contribution >= 4 is 12.0 Å². The first-order chi connectivity index (χ1) is 8.86. The molecule has 1 fully saturated rings. The molecule has 0 aromatic heterocycles. The molecule has 0 aromatic carbocycles. The van der Waals surface area contributed by atoms with Gasteiger partial charge in [0.2, 0.25) is 0 Å². The summed E-state index contributed by atoms with van der Waals surface area (Å²) in [6, 6.07) is -0.733. The second-order valence-corrected chi connectivity index (χ2v) is 5.93. The molecule has 1 unspecified atom stereocenters. The minimum Gasteiger partial charge on any atom is -0.480 e. The van der Waals surface area contributed by atoms with E-state index in [1.807, 2.05) is 13.8 Å². The number of aliphatic carboxylic acids is 1. The van der Waals surface area contributed by atoms with Crippen LogP contribution in [-0.4, -0.2) is 40.6 Å². The van der Waals surface area contributed by atoms with E-state index in [-0.39, 0.29) is 11.9 Å². The highest BCUT2D eigenvalue weighted by molar-refractivity contribution is 5.83. The summed E-state index contributed by atoms with van der Waals surface area (Å²) < 4.78 is 0.